The zero-order valence-electron chi connectivity index (χ0n) is 18.7. The number of hydrogen-bond donors (Lipinski definition) is 0. The maximum Gasteiger partial charge on any atom is 0.267 e. The topological polar surface area (TPSA) is 88.8 Å². The molecule has 8 nitrogen and oxygen atoms in total. The Morgan fingerprint density at radius 2 is 1.88 bits per heavy atom. The molecular formula is C24H25ClN4O4. The minimum atomic E-state index is -0.599. The predicted octanol–water partition coefficient (Wildman–Crippen LogP) is 4.33. The van der Waals surface area contributed by atoms with Gasteiger partial charge in [0.25, 0.3) is 5.91 Å². The van der Waals surface area contributed by atoms with E-state index in [0.29, 0.717) is 33.8 Å². The molecule has 1 atom stereocenters. The van der Waals surface area contributed by atoms with Crippen molar-refractivity contribution in [2.24, 2.45) is 0 Å². The molecule has 4 rings (SSSR count). The average molecular weight is 469 g/mol. The normalized spacial score (nSPS) is 15.4. The highest BCUT2D eigenvalue weighted by atomic mass is 35.5. The Bertz CT molecular complexity index is 1160. The molecular weight excluding hydrogens is 444 g/mol. The third-order valence-corrected chi connectivity index (χ3v) is 5.77. The van der Waals surface area contributed by atoms with Gasteiger partial charge in [-0.2, -0.15) is 0 Å². The summed E-state index contributed by atoms with van der Waals surface area (Å²) in [6, 6.07) is 14.4. The van der Waals surface area contributed by atoms with Crippen LogP contribution in [0.25, 0.3) is 11.5 Å². The number of para-hydroxylation sites is 2. The van der Waals surface area contributed by atoms with Gasteiger partial charge >= 0.3 is 0 Å². The summed E-state index contributed by atoms with van der Waals surface area (Å²) in [5, 5.41) is 8.67. The van der Waals surface area contributed by atoms with Crippen molar-refractivity contribution in [3.05, 3.63) is 59.4 Å². The molecule has 33 heavy (non-hydrogen) atoms. The van der Waals surface area contributed by atoms with Crippen molar-refractivity contribution in [1.82, 2.24) is 15.1 Å². The number of aromatic nitrogens is 2. The minimum absolute atomic E-state index is 0.0974. The molecule has 1 aromatic heterocycles. The number of carbonyl (C=O) groups is 2. The molecule has 2 aromatic carbocycles. The van der Waals surface area contributed by atoms with E-state index in [9.17, 15) is 9.59 Å². The van der Waals surface area contributed by atoms with E-state index in [1.54, 1.807) is 28.9 Å². The van der Waals surface area contributed by atoms with Crippen LogP contribution in [0.1, 0.15) is 33.1 Å². The Hall–Kier alpha value is -3.39. The number of hydrogen-bond acceptors (Lipinski definition) is 6. The Balaban J connectivity index is 1.46. The van der Waals surface area contributed by atoms with Crippen LogP contribution >= 0.6 is 11.6 Å². The number of halogens is 1. The molecule has 0 spiro atoms. The van der Waals surface area contributed by atoms with Crippen LogP contribution in [0.15, 0.2) is 52.9 Å². The molecule has 2 heterocycles. The SMILES string of the molecule is CC1Oc2ccccc2N(CCC(=O)N(Cc2nnc(-c3ccccc3Cl)o2)C(C)C)C1=O. The van der Waals surface area contributed by atoms with Crippen LogP contribution in [-0.2, 0) is 16.1 Å². The Morgan fingerprint density at radius 1 is 1.15 bits per heavy atom. The van der Waals surface area contributed by atoms with E-state index in [-0.39, 0.29) is 37.4 Å². The quantitative estimate of drug-likeness (QED) is 0.512. The van der Waals surface area contributed by atoms with Gasteiger partial charge in [-0.3, -0.25) is 9.59 Å². The Labute approximate surface area is 197 Å². The van der Waals surface area contributed by atoms with Crippen molar-refractivity contribution in [2.75, 3.05) is 11.4 Å². The van der Waals surface area contributed by atoms with Crippen molar-refractivity contribution in [1.29, 1.82) is 0 Å². The fourth-order valence-electron chi connectivity index (χ4n) is 3.71. The van der Waals surface area contributed by atoms with Crippen LogP contribution in [0.5, 0.6) is 5.75 Å². The number of rotatable bonds is 7. The van der Waals surface area contributed by atoms with Gasteiger partial charge in [0.2, 0.25) is 17.7 Å². The maximum absolute atomic E-state index is 13.1. The van der Waals surface area contributed by atoms with E-state index < -0.39 is 6.10 Å². The van der Waals surface area contributed by atoms with Crippen LogP contribution in [0.4, 0.5) is 5.69 Å². The lowest BCUT2D eigenvalue weighted by Crippen LogP contribution is -2.46. The van der Waals surface area contributed by atoms with Crippen molar-refractivity contribution in [3.8, 4) is 17.2 Å². The molecule has 2 amide bonds. The van der Waals surface area contributed by atoms with Crippen molar-refractivity contribution in [2.45, 2.75) is 45.9 Å². The van der Waals surface area contributed by atoms with Gasteiger partial charge in [-0.15, -0.1) is 10.2 Å². The van der Waals surface area contributed by atoms with Crippen LogP contribution in [0.2, 0.25) is 5.02 Å². The monoisotopic (exact) mass is 468 g/mol. The molecule has 0 N–H and O–H groups in total. The van der Waals surface area contributed by atoms with Crippen LogP contribution in [0, 0.1) is 0 Å². The Morgan fingerprint density at radius 3 is 2.64 bits per heavy atom. The second kappa shape index (κ2) is 9.62. The van der Waals surface area contributed by atoms with Crippen molar-refractivity contribution in [3.63, 3.8) is 0 Å². The summed E-state index contributed by atoms with van der Waals surface area (Å²) in [5.74, 6) is 0.964. The summed E-state index contributed by atoms with van der Waals surface area (Å²) in [5.41, 5.74) is 1.31. The number of fused-ring (bicyclic) bond motifs is 1. The van der Waals surface area contributed by atoms with E-state index in [4.69, 9.17) is 20.8 Å². The van der Waals surface area contributed by atoms with Crippen molar-refractivity contribution >= 4 is 29.1 Å². The number of benzene rings is 2. The summed E-state index contributed by atoms with van der Waals surface area (Å²) in [6.45, 7) is 5.96. The van der Waals surface area contributed by atoms with Gasteiger partial charge in [0, 0.05) is 19.0 Å². The lowest BCUT2D eigenvalue weighted by atomic mass is 10.1. The van der Waals surface area contributed by atoms with Gasteiger partial charge < -0.3 is 19.0 Å². The fourth-order valence-corrected chi connectivity index (χ4v) is 3.92. The highest BCUT2D eigenvalue weighted by molar-refractivity contribution is 6.33. The smallest absolute Gasteiger partial charge is 0.267 e. The van der Waals surface area contributed by atoms with E-state index in [2.05, 4.69) is 10.2 Å². The molecule has 3 aromatic rings. The largest absolute Gasteiger partial charge is 0.479 e. The van der Waals surface area contributed by atoms with Crippen LogP contribution < -0.4 is 9.64 Å². The highest BCUT2D eigenvalue weighted by Gasteiger charge is 2.32. The van der Waals surface area contributed by atoms with E-state index in [1.807, 2.05) is 50.2 Å². The molecule has 0 saturated carbocycles. The first-order valence-corrected chi connectivity index (χ1v) is 11.2. The number of ether oxygens (including phenoxy) is 1. The first kappa shape index (κ1) is 22.8. The summed E-state index contributed by atoms with van der Waals surface area (Å²) < 4.78 is 11.4. The second-order valence-corrected chi connectivity index (χ2v) is 8.47. The maximum atomic E-state index is 13.1. The summed E-state index contributed by atoms with van der Waals surface area (Å²) in [6.07, 6.45) is -0.450. The van der Waals surface area contributed by atoms with E-state index in [1.165, 1.54) is 0 Å². The molecule has 0 fully saturated rings. The fraction of sp³-hybridized carbons (Fsp3) is 0.333. The van der Waals surface area contributed by atoms with Gasteiger partial charge in [-0.1, -0.05) is 35.9 Å². The standard InChI is InChI=1S/C24H25ClN4O4/c1-15(2)29(14-21-26-27-23(33-21)17-8-4-5-9-18(17)25)22(30)12-13-28-19-10-6-7-11-20(19)32-16(3)24(28)31/h4-11,15-16H,12-14H2,1-3H3. The van der Waals surface area contributed by atoms with Crippen LogP contribution in [-0.4, -0.2) is 45.6 Å². The zero-order valence-corrected chi connectivity index (χ0v) is 19.5. The van der Waals surface area contributed by atoms with E-state index in [0.717, 1.165) is 0 Å². The number of nitrogens with zero attached hydrogens (tertiary/aromatic N) is 4. The Kier molecular flexibility index (Phi) is 6.65. The third-order valence-electron chi connectivity index (χ3n) is 5.44. The van der Waals surface area contributed by atoms with Gasteiger partial charge in [0.1, 0.15) is 5.75 Å². The van der Waals surface area contributed by atoms with E-state index >= 15 is 0 Å². The van der Waals surface area contributed by atoms with Crippen molar-refractivity contribution < 1.29 is 18.7 Å². The molecule has 1 aliphatic heterocycles. The molecule has 9 heteroatoms. The molecule has 1 unspecified atom stereocenters. The first-order valence-electron chi connectivity index (χ1n) is 10.8. The van der Waals surface area contributed by atoms with Gasteiger partial charge in [-0.25, -0.2) is 0 Å². The lowest BCUT2D eigenvalue weighted by molar-refractivity contribution is -0.133. The number of anilines is 1. The van der Waals surface area contributed by atoms with Crippen LogP contribution in [0.3, 0.4) is 0 Å². The number of carbonyl (C=O) groups excluding carboxylic acids is 2. The van der Waals surface area contributed by atoms with Gasteiger partial charge in [-0.05, 0) is 45.0 Å². The van der Waals surface area contributed by atoms with Gasteiger partial charge in [0.15, 0.2) is 6.10 Å². The minimum Gasteiger partial charge on any atom is -0.479 e. The molecule has 172 valence electrons. The molecule has 0 saturated heterocycles. The zero-order chi connectivity index (χ0) is 23.5. The average Bonchev–Trinajstić information content (AvgIpc) is 3.26. The second-order valence-electron chi connectivity index (χ2n) is 8.06. The summed E-state index contributed by atoms with van der Waals surface area (Å²) >= 11 is 6.21. The predicted molar refractivity (Wildman–Crippen MR) is 124 cm³/mol. The molecule has 0 bridgehead atoms. The molecule has 0 radical (unpaired) electrons. The third kappa shape index (κ3) is 4.85. The van der Waals surface area contributed by atoms with Gasteiger partial charge in [0.05, 0.1) is 22.8 Å². The molecule has 1 aliphatic rings. The molecule has 0 aliphatic carbocycles. The lowest BCUT2D eigenvalue weighted by Gasteiger charge is -2.33. The number of amides is 2. The first-order chi connectivity index (χ1) is 15.8. The summed E-state index contributed by atoms with van der Waals surface area (Å²) in [4.78, 5) is 29.1. The highest BCUT2D eigenvalue weighted by Crippen LogP contribution is 2.33. The summed E-state index contributed by atoms with van der Waals surface area (Å²) in [7, 11) is 0.